The zero-order valence-electron chi connectivity index (χ0n) is 13.0. The summed E-state index contributed by atoms with van der Waals surface area (Å²) in [6.45, 7) is 7.09. The molecular weight excluding hydrogens is 270 g/mol. The van der Waals surface area contributed by atoms with Crippen LogP contribution in [-0.2, 0) is 11.3 Å². The van der Waals surface area contributed by atoms with Crippen LogP contribution in [0.4, 0.5) is 0 Å². The highest BCUT2D eigenvalue weighted by Crippen LogP contribution is 2.28. The van der Waals surface area contributed by atoms with Crippen LogP contribution < -0.4 is 10.1 Å². The van der Waals surface area contributed by atoms with Crippen molar-refractivity contribution in [1.29, 1.82) is 0 Å². The number of ether oxygens (including phenoxy) is 1. The Hall–Kier alpha value is -1.75. The van der Waals surface area contributed by atoms with E-state index in [9.17, 15) is 15.0 Å². The van der Waals surface area contributed by atoms with Crippen molar-refractivity contribution >= 4 is 5.97 Å². The number of carbonyl (C=O) groups is 1. The number of benzene rings is 1. The topological polar surface area (TPSA) is 78.8 Å². The smallest absolute Gasteiger partial charge is 0.310 e. The van der Waals surface area contributed by atoms with Gasteiger partial charge in [0.1, 0.15) is 0 Å². The average Bonchev–Trinajstić information content (AvgIpc) is 2.47. The number of phenolic OH excluding ortho intramolecular Hbond substituents is 1. The third-order valence-corrected chi connectivity index (χ3v) is 3.92. The molecule has 0 heterocycles. The molecule has 0 bridgehead atoms. The number of aliphatic carboxylic acids is 1. The summed E-state index contributed by atoms with van der Waals surface area (Å²) in [6, 6.07) is 5.16. The van der Waals surface area contributed by atoms with Crippen molar-refractivity contribution in [1.82, 2.24) is 5.32 Å². The van der Waals surface area contributed by atoms with Crippen molar-refractivity contribution in [3.63, 3.8) is 0 Å². The first-order valence-electron chi connectivity index (χ1n) is 7.37. The molecule has 0 fully saturated rings. The third kappa shape index (κ3) is 4.36. The molecule has 0 aliphatic rings. The summed E-state index contributed by atoms with van der Waals surface area (Å²) in [4.78, 5) is 11.4. The van der Waals surface area contributed by atoms with E-state index in [1.54, 1.807) is 18.2 Å². The van der Waals surface area contributed by atoms with E-state index in [1.807, 2.05) is 20.8 Å². The second-order valence-electron chi connectivity index (χ2n) is 5.13. The molecule has 1 aromatic rings. The predicted molar refractivity (Wildman–Crippen MR) is 81.6 cm³/mol. The lowest BCUT2D eigenvalue weighted by atomic mass is 9.82. The summed E-state index contributed by atoms with van der Waals surface area (Å²) in [5.41, 5.74) is 0.224. The number of rotatable bonds is 9. The molecule has 0 saturated heterocycles. The Morgan fingerprint density at radius 3 is 2.48 bits per heavy atom. The molecule has 0 unspecified atom stereocenters. The number of nitrogens with one attached hydrogen (secondary N) is 1. The highest BCUT2D eigenvalue weighted by Gasteiger charge is 2.34. The number of aromatic hydroxyl groups is 1. The Kier molecular flexibility index (Phi) is 6.49. The van der Waals surface area contributed by atoms with E-state index in [-0.39, 0.29) is 5.75 Å². The largest absolute Gasteiger partial charge is 0.504 e. The SMILES string of the molecule is CCOc1cc(CNCC(CC)(CC)C(=O)O)ccc1O. The lowest BCUT2D eigenvalue weighted by molar-refractivity contribution is -0.149. The zero-order valence-corrected chi connectivity index (χ0v) is 13.0. The van der Waals surface area contributed by atoms with Gasteiger partial charge in [-0.2, -0.15) is 0 Å². The molecule has 0 amide bonds. The summed E-state index contributed by atoms with van der Waals surface area (Å²) in [5.74, 6) is -0.199. The maximum Gasteiger partial charge on any atom is 0.310 e. The maximum absolute atomic E-state index is 11.4. The monoisotopic (exact) mass is 295 g/mol. The van der Waals surface area contributed by atoms with Crippen LogP contribution in [0.15, 0.2) is 18.2 Å². The molecule has 0 aromatic heterocycles. The second kappa shape index (κ2) is 7.88. The molecule has 0 aliphatic carbocycles. The number of phenols is 1. The van der Waals surface area contributed by atoms with E-state index >= 15 is 0 Å². The van der Waals surface area contributed by atoms with Gasteiger partial charge in [0.25, 0.3) is 0 Å². The van der Waals surface area contributed by atoms with Crippen molar-refractivity contribution in [2.75, 3.05) is 13.2 Å². The fraction of sp³-hybridized carbons (Fsp3) is 0.562. The van der Waals surface area contributed by atoms with Crippen LogP contribution in [0.2, 0.25) is 0 Å². The predicted octanol–water partition coefficient (Wildman–Crippen LogP) is 2.77. The van der Waals surface area contributed by atoms with Crippen LogP contribution in [-0.4, -0.2) is 29.3 Å². The maximum atomic E-state index is 11.4. The molecule has 1 rings (SSSR count). The van der Waals surface area contributed by atoms with Gasteiger partial charge in [-0.1, -0.05) is 19.9 Å². The van der Waals surface area contributed by atoms with E-state index in [1.165, 1.54) is 0 Å². The molecule has 5 heteroatoms. The van der Waals surface area contributed by atoms with Crippen molar-refractivity contribution in [3.8, 4) is 11.5 Å². The molecule has 118 valence electrons. The van der Waals surface area contributed by atoms with Crippen LogP contribution >= 0.6 is 0 Å². The lowest BCUT2D eigenvalue weighted by Crippen LogP contribution is -2.40. The van der Waals surface area contributed by atoms with E-state index in [0.29, 0.717) is 38.3 Å². The van der Waals surface area contributed by atoms with Gasteiger partial charge >= 0.3 is 5.97 Å². The summed E-state index contributed by atoms with van der Waals surface area (Å²) < 4.78 is 5.33. The lowest BCUT2D eigenvalue weighted by Gasteiger charge is -2.27. The molecule has 0 radical (unpaired) electrons. The first-order chi connectivity index (χ1) is 9.99. The quantitative estimate of drug-likeness (QED) is 0.653. The molecule has 0 atom stereocenters. The van der Waals surface area contributed by atoms with Gasteiger partial charge in [0.2, 0.25) is 0 Å². The Morgan fingerprint density at radius 1 is 1.29 bits per heavy atom. The Balaban J connectivity index is 2.67. The van der Waals surface area contributed by atoms with Gasteiger partial charge in [0.05, 0.1) is 12.0 Å². The van der Waals surface area contributed by atoms with Gasteiger partial charge in [-0.25, -0.2) is 0 Å². The van der Waals surface area contributed by atoms with Crippen molar-refractivity contribution in [2.24, 2.45) is 5.41 Å². The van der Waals surface area contributed by atoms with E-state index in [2.05, 4.69) is 5.32 Å². The molecular formula is C16H25NO4. The van der Waals surface area contributed by atoms with Crippen LogP contribution in [0.5, 0.6) is 11.5 Å². The van der Waals surface area contributed by atoms with Crippen LogP contribution in [0.3, 0.4) is 0 Å². The average molecular weight is 295 g/mol. The Labute approximate surface area is 125 Å². The molecule has 0 spiro atoms. The Bertz CT molecular complexity index is 469. The summed E-state index contributed by atoms with van der Waals surface area (Å²) in [6.07, 6.45) is 1.18. The van der Waals surface area contributed by atoms with E-state index in [4.69, 9.17) is 4.74 Å². The molecule has 3 N–H and O–H groups in total. The van der Waals surface area contributed by atoms with E-state index in [0.717, 1.165) is 5.56 Å². The van der Waals surface area contributed by atoms with Gasteiger partial charge in [0, 0.05) is 13.1 Å². The first-order valence-corrected chi connectivity index (χ1v) is 7.37. The minimum atomic E-state index is -0.763. The fourth-order valence-corrected chi connectivity index (χ4v) is 2.26. The summed E-state index contributed by atoms with van der Waals surface area (Å²) in [7, 11) is 0. The number of carboxylic acid groups (broad SMARTS) is 1. The van der Waals surface area contributed by atoms with Crippen molar-refractivity contribution in [3.05, 3.63) is 23.8 Å². The molecule has 5 nitrogen and oxygen atoms in total. The van der Waals surface area contributed by atoms with Crippen LogP contribution in [0, 0.1) is 5.41 Å². The number of carboxylic acids is 1. The molecule has 0 aliphatic heterocycles. The van der Waals surface area contributed by atoms with E-state index < -0.39 is 11.4 Å². The third-order valence-electron chi connectivity index (χ3n) is 3.92. The molecule has 0 saturated carbocycles. The minimum Gasteiger partial charge on any atom is -0.504 e. The second-order valence-corrected chi connectivity index (χ2v) is 5.13. The highest BCUT2D eigenvalue weighted by molar-refractivity contribution is 5.74. The normalized spacial score (nSPS) is 11.4. The van der Waals surface area contributed by atoms with Gasteiger partial charge in [-0.15, -0.1) is 0 Å². The number of hydrogen-bond acceptors (Lipinski definition) is 4. The summed E-state index contributed by atoms with van der Waals surface area (Å²) in [5, 5.41) is 22.2. The van der Waals surface area contributed by atoms with Gasteiger partial charge < -0.3 is 20.3 Å². The van der Waals surface area contributed by atoms with Crippen molar-refractivity contribution < 1.29 is 19.7 Å². The first kappa shape index (κ1) is 17.3. The van der Waals surface area contributed by atoms with Gasteiger partial charge in [-0.05, 0) is 37.5 Å². The molecule has 1 aromatic carbocycles. The zero-order chi connectivity index (χ0) is 15.9. The van der Waals surface area contributed by atoms with Crippen LogP contribution in [0.25, 0.3) is 0 Å². The van der Waals surface area contributed by atoms with Crippen molar-refractivity contribution in [2.45, 2.75) is 40.2 Å². The standard InChI is InChI=1S/C16H25NO4/c1-4-16(5-2,15(19)20)11-17-10-12-7-8-13(18)14(9-12)21-6-3/h7-9,17-18H,4-6,10-11H2,1-3H3,(H,19,20). The Morgan fingerprint density at radius 2 is 1.95 bits per heavy atom. The highest BCUT2D eigenvalue weighted by atomic mass is 16.5. The van der Waals surface area contributed by atoms with Gasteiger partial charge in [-0.3, -0.25) is 4.79 Å². The fourth-order valence-electron chi connectivity index (χ4n) is 2.26. The number of hydrogen-bond donors (Lipinski definition) is 3. The van der Waals surface area contributed by atoms with Gasteiger partial charge in [0.15, 0.2) is 11.5 Å². The minimum absolute atomic E-state index is 0.114. The van der Waals surface area contributed by atoms with Crippen LogP contribution in [0.1, 0.15) is 39.2 Å². The summed E-state index contributed by atoms with van der Waals surface area (Å²) >= 11 is 0. The molecule has 21 heavy (non-hydrogen) atoms.